The van der Waals surface area contributed by atoms with E-state index in [1.165, 1.54) is 22.6 Å². The first kappa shape index (κ1) is 15.8. The van der Waals surface area contributed by atoms with Crippen LogP contribution in [0.5, 0.6) is 0 Å². The largest absolute Gasteiger partial charge is 0.342 e. The van der Waals surface area contributed by atoms with Crippen molar-refractivity contribution in [2.75, 3.05) is 33.2 Å². The SMILES string of the molecule is CCCN(CC1CC1)C(=O)CCCN1C(=O)CN(C)C1=O. The maximum atomic E-state index is 12.2. The summed E-state index contributed by atoms with van der Waals surface area (Å²) >= 11 is 0. The first-order valence-corrected chi connectivity index (χ1v) is 7.86. The van der Waals surface area contributed by atoms with E-state index in [2.05, 4.69) is 6.92 Å². The Morgan fingerprint density at radius 3 is 2.57 bits per heavy atom. The van der Waals surface area contributed by atoms with Gasteiger partial charge in [-0.05, 0) is 31.6 Å². The van der Waals surface area contributed by atoms with Crippen LogP contribution in [0.3, 0.4) is 0 Å². The van der Waals surface area contributed by atoms with E-state index in [9.17, 15) is 14.4 Å². The Morgan fingerprint density at radius 2 is 2.05 bits per heavy atom. The van der Waals surface area contributed by atoms with E-state index in [1.54, 1.807) is 7.05 Å². The van der Waals surface area contributed by atoms with Crippen LogP contribution in [0.15, 0.2) is 0 Å². The number of carbonyl (C=O) groups is 3. The van der Waals surface area contributed by atoms with Gasteiger partial charge in [-0.15, -0.1) is 0 Å². The maximum Gasteiger partial charge on any atom is 0.326 e. The Kier molecular flexibility index (Phi) is 5.20. The average molecular weight is 295 g/mol. The molecular weight excluding hydrogens is 270 g/mol. The molecule has 1 aliphatic carbocycles. The van der Waals surface area contributed by atoms with Crippen molar-refractivity contribution in [3.05, 3.63) is 0 Å². The fourth-order valence-corrected chi connectivity index (χ4v) is 2.64. The lowest BCUT2D eigenvalue weighted by molar-refractivity contribution is -0.132. The number of hydrogen-bond donors (Lipinski definition) is 0. The lowest BCUT2D eigenvalue weighted by atomic mass is 10.2. The van der Waals surface area contributed by atoms with E-state index in [1.807, 2.05) is 4.90 Å². The number of imide groups is 1. The number of urea groups is 1. The molecule has 0 aromatic rings. The summed E-state index contributed by atoms with van der Waals surface area (Å²) in [5.41, 5.74) is 0. The summed E-state index contributed by atoms with van der Waals surface area (Å²) < 4.78 is 0. The van der Waals surface area contributed by atoms with E-state index < -0.39 is 0 Å². The molecule has 6 heteroatoms. The minimum absolute atomic E-state index is 0.149. The molecule has 4 amide bonds. The highest BCUT2D eigenvalue weighted by atomic mass is 16.2. The van der Waals surface area contributed by atoms with Crippen LogP contribution in [-0.2, 0) is 9.59 Å². The molecule has 0 radical (unpaired) electrons. The summed E-state index contributed by atoms with van der Waals surface area (Å²) in [6.45, 7) is 4.24. The molecule has 0 N–H and O–H groups in total. The van der Waals surface area contributed by atoms with Crippen LogP contribution in [0.4, 0.5) is 4.79 Å². The number of nitrogens with zero attached hydrogens (tertiary/aromatic N) is 3. The quantitative estimate of drug-likeness (QED) is 0.634. The van der Waals surface area contributed by atoms with Gasteiger partial charge < -0.3 is 9.80 Å². The number of carbonyl (C=O) groups excluding carboxylic acids is 3. The molecule has 6 nitrogen and oxygen atoms in total. The number of amides is 4. The van der Waals surface area contributed by atoms with E-state index in [-0.39, 0.29) is 24.4 Å². The Balaban J connectivity index is 1.74. The van der Waals surface area contributed by atoms with E-state index in [4.69, 9.17) is 0 Å². The van der Waals surface area contributed by atoms with Gasteiger partial charge in [0.1, 0.15) is 6.54 Å². The van der Waals surface area contributed by atoms with Gasteiger partial charge in [-0.2, -0.15) is 0 Å². The summed E-state index contributed by atoms with van der Waals surface area (Å²) in [6, 6.07) is -0.254. The standard InChI is InChI=1S/C15H25N3O3/c1-3-8-17(10-12-6-7-12)13(19)5-4-9-18-14(20)11-16(2)15(18)21/h12H,3-11H2,1-2H3. The summed E-state index contributed by atoms with van der Waals surface area (Å²) in [4.78, 5) is 40.2. The second kappa shape index (κ2) is 6.91. The van der Waals surface area contributed by atoms with Crippen molar-refractivity contribution in [3.63, 3.8) is 0 Å². The van der Waals surface area contributed by atoms with Gasteiger partial charge >= 0.3 is 6.03 Å². The fraction of sp³-hybridized carbons (Fsp3) is 0.800. The highest BCUT2D eigenvalue weighted by Gasteiger charge is 2.33. The molecular formula is C15H25N3O3. The molecule has 2 rings (SSSR count). The van der Waals surface area contributed by atoms with Gasteiger partial charge in [-0.25, -0.2) is 4.79 Å². The van der Waals surface area contributed by atoms with Crippen molar-refractivity contribution in [2.24, 2.45) is 5.92 Å². The zero-order valence-corrected chi connectivity index (χ0v) is 13.0. The van der Waals surface area contributed by atoms with Crippen LogP contribution in [0.25, 0.3) is 0 Å². The summed E-state index contributed by atoms with van der Waals surface area (Å²) in [5.74, 6) is 0.672. The third-order valence-electron chi connectivity index (χ3n) is 4.03. The molecule has 0 atom stereocenters. The molecule has 1 saturated carbocycles. The van der Waals surface area contributed by atoms with Crippen LogP contribution in [0.1, 0.15) is 39.0 Å². The molecule has 0 spiro atoms. The minimum atomic E-state index is -0.254. The molecule has 1 heterocycles. The smallest absolute Gasteiger partial charge is 0.326 e. The van der Waals surface area contributed by atoms with E-state index in [0.29, 0.717) is 25.3 Å². The van der Waals surface area contributed by atoms with Crippen LogP contribution < -0.4 is 0 Å². The number of likely N-dealkylation sites (N-methyl/N-ethyl adjacent to an activating group) is 1. The molecule has 0 unspecified atom stereocenters. The zero-order valence-electron chi connectivity index (χ0n) is 13.0. The van der Waals surface area contributed by atoms with E-state index >= 15 is 0 Å². The monoisotopic (exact) mass is 295 g/mol. The van der Waals surface area contributed by atoms with Crippen molar-refractivity contribution in [2.45, 2.75) is 39.0 Å². The van der Waals surface area contributed by atoms with Crippen LogP contribution >= 0.6 is 0 Å². The third kappa shape index (κ3) is 4.19. The molecule has 0 aromatic heterocycles. The van der Waals surface area contributed by atoms with Crippen LogP contribution in [0.2, 0.25) is 0 Å². The van der Waals surface area contributed by atoms with Gasteiger partial charge in [0.25, 0.3) is 0 Å². The van der Waals surface area contributed by atoms with Crippen molar-refractivity contribution < 1.29 is 14.4 Å². The Morgan fingerprint density at radius 1 is 1.33 bits per heavy atom. The summed E-state index contributed by atoms with van der Waals surface area (Å²) in [7, 11) is 1.62. The molecule has 1 aliphatic heterocycles. The van der Waals surface area contributed by atoms with Crippen molar-refractivity contribution in [1.82, 2.24) is 14.7 Å². The zero-order chi connectivity index (χ0) is 15.4. The number of rotatable bonds is 8. The van der Waals surface area contributed by atoms with Gasteiger partial charge in [-0.3, -0.25) is 14.5 Å². The van der Waals surface area contributed by atoms with Crippen LogP contribution in [0, 0.1) is 5.92 Å². The van der Waals surface area contributed by atoms with Crippen LogP contribution in [-0.4, -0.2) is 65.8 Å². The maximum absolute atomic E-state index is 12.2. The van der Waals surface area contributed by atoms with Gasteiger partial charge in [0.15, 0.2) is 0 Å². The molecule has 1 saturated heterocycles. The Labute approximate surface area is 126 Å². The molecule has 0 aromatic carbocycles. The average Bonchev–Trinajstić information content (AvgIpc) is 3.21. The summed E-state index contributed by atoms with van der Waals surface area (Å²) in [5, 5.41) is 0. The second-order valence-electron chi connectivity index (χ2n) is 6.07. The van der Waals surface area contributed by atoms with Crippen molar-refractivity contribution in [1.29, 1.82) is 0 Å². The van der Waals surface area contributed by atoms with Gasteiger partial charge in [-0.1, -0.05) is 6.92 Å². The molecule has 2 fully saturated rings. The first-order chi connectivity index (χ1) is 10.0. The van der Waals surface area contributed by atoms with Crippen molar-refractivity contribution >= 4 is 17.8 Å². The van der Waals surface area contributed by atoms with E-state index in [0.717, 1.165) is 19.5 Å². The molecule has 118 valence electrons. The molecule has 2 aliphatic rings. The first-order valence-electron chi connectivity index (χ1n) is 7.86. The lowest BCUT2D eigenvalue weighted by Crippen LogP contribution is -2.35. The third-order valence-corrected chi connectivity index (χ3v) is 4.03. The lowest BCUT2D eigenvalue weighted by Gasteiger charge is -2.22. The Bertz CT molecular complexity index is 420. The van der Waals surface area contributed by atoms with Gasteiger partial charge in [0.05, 0.1) is 0 Å². The highest BCUT2D eigenvalue weighted by Crippen LogP contribution is 2.30. The number of hydrogen-bond acceptors (Lipinski definition) is 3. The van der Waals surface area contributed by atoms with Gasteiger partial charge in [0, 0.05) is 33.1 Å². The predicted molar refractivity (Wildman–Crippen MR) is 78.6 cm³/mol. The predicted octanol–water partition coefficient (Wildman–Crippen LogP) is 1.31. The fourth-order valence-electron chi connectivity index (χ4n) is 2.64. The topological polar surface area (TPSA) is 60.9 Å². The second-order valence-corrected chi connectivity index (χ2v) is 6.07. The highest BCUT2D eigenvalue weighted by molar-refractivity contribution is 6.01. The molecule has 0 bridgehead atoms. The normalized spacial score (nSPS) is 18.6. The van der Waals surface area contributed by atoms with Gasteiger partial charge in [0.2, 0.25) is 11.8 Å². The summed E-state index contributed by atoms with van der Waals surface area (Å²) in [6.07, 6.45) is 4.39. The molecule has 21 heavy (non-hydrogen) atoms. The minimum Gasteiger partial charge on any atom is -0.342 e. The Hall–Kier alpha value is -1.59. The van der Waals surface area contributed by atoms with Crippen molar-refractivity contribution in [3.8, 4) is 0 Å².